The monoisotopic (exact) mass is 339 g/mol. The molecule has 0 fully saturated rings. The molecule has 0 spiro atoms. The van der Waals surface area contributed by atoms with Crippen molar-refractivity contribution in [2.75, 3.05) is 18.5 Å². The fourth-order valence-electron chi connectivity index (χ4n) is 2.82. The van der Waals surface area contributed by atoms with Crippen molar-refractivity contribution >= 4 is 5.69 Å². The Morgan fingerprint density at radius 3 is 2.20 bits per heavy atom. The van der Waals surface area contributed by atoms with Crippen LogP contribution in [-0.2, 0) is 10.8 Å². The summed E-state index contributed by atoms with van der Waals surface area (Å²) < 4.78 is 6.12. The molecule has 0 saturated heterocycles. The first-order valence-corrected chi connectivity index (χ1v) is 9.16. The van der Waals surface area contributed by atoms with Crippen molar-refractivity contribution in [3.8, 4) is 5.75 Å². The van der Waals surface area contributed by atoms with Crippen LogP contribution < -0.4 is 10.1 Å². The predicted molar refractivity (Wildman–Crippen MR) is 109 cm³/mol. The average Bonchev–Trinajstić information content (AvgIpc) is 2.50. The van der Waals surface area contributed by atoms with Gasteiger partial charge in [-0.2, -0.15) is 0 Å². The Kier molecular flexibility index (Phi) is 5.82. The Morgan fingerprint density at radius 1 is 0.880 bits per heavy atom. The van der Waals surface area contributed by atoms with Crippen LogP contribution in [0.1, 0.15) is 58.2 Å². The summed E-state index contributed by atoms with van der Waals surface area (Å²) in [6, 6.07) is 15.1. The van der Waals surface area contributed by atoms with Crippen LogP contribution >= 0.6 is 0 Å². The van der Waals surface area contributed by atoms with Crippen LogP contribution in [0.5, 0.6) is 5.75 Å². The Labute approximate surface area is 153 Å². The molecule has 1 N–H and O–H groups in total. The van der Waals surface area contributed by atoms with Gasteiger partial charge in [0.1, 0.15) is 12.4 Å². The fourth-order valence-corrected chi connectivity index (χ4v) is 2.82. The van der Waals surface area contributed by atoms with Crippen LogP contribution in [0.2, 0.25) is 0 Å². The van der Waals surface area contributed by atoms with E-state index in [-0.39, 0.29) is 10.8 Å². The quantitative estimate of drug-likeness (QED) is 0.666. The summed E-state index contributed by atoms with van der Waals surface area (Å²) in [7, 11) is 0. The van der Waals surface area contributed by atoms with Crippen LogP contribution in [0.4, 0.5) is 5.69 Å². The molecule has 2 aromatic rings. The summed E-state index contributed by atoms with van der Waals surface area (Å²) >= 11 is 0. The van der Waals surface area contributed by atoms with Crippen molar-refractivity contribution < 1.29 is 4.74 Å². The van der Waals surface area contributed by atoms with Crippen molar-refractivity contribution in [1.82, 2.24) is 0 Å². The third-order valence-corrected chi connectivity index (χ3v) is 4.36. The second-order valence-electron chi connectivity index (χ2n) is 8.86. The van der Waals surface area contributed by atoms with Gasteiger partial charge in [0.05, 0.1) is 0 Å². The first kappa shape index (κ1) is 19.4. The molecule has 2 nitrogen and oxygen atoms in total. The zero-order chi connectivity index (χ0) is 18.7. The Morgan fingerprint density at radius 2 is 1.60 bits per heavy atom. The molecule has 0 aliphatic heterocycles. The van der Waals surface area contributed by atoms with Gasteiger partial charge < -0.3 is 10.1 Å². The summed E-state index contributed by atoms with van der Waals surface area (Å²) in [6.07, 6.45) is 0. The molecule has 25 heavy (non-hydrogen) atoms. The van der Waals surface area contributed by atoms with Gasteiger partial charge in [0, 0.05) is 12.2 Å². The van der Waals surface area contributed by atoms with Gasteiger partial charge in [-0.1, -0.05) is 65.8 Å². The normalized spacial score (nSPS) is 12.1. The molecule has 2 rings (SSSR count). The SMILES string of the molecule is Cc1cccc(NCCOc2ccc(C(C)(C)C)cc2C(C)(C)C)c1. The summed E-state index contributed by atoms with van der Waals surface area (Å²) in [5.41, 5.74) is 5.23. The maximum absolute atomic E-state index is 6.12. The molecule has 0 amide bonds. The largest absolute Gasteiger partial charge is 0.491 e. The molecule has 0 bridgehead atoms. The van der Waals surface area contributed by atoms with E-state index >= 15 is 0 Å². The van der Waals surface area contributed by atoms with Crippen molar-refractivity contribution in [3.05, 3.63) is 59.2 Å². The van der Waals surface area contributed by atoms with E-state index in [0.717, 1.165) is 18.0 Å². The summed E-state index contributed by atoms with van der Waals surface area (Å²) in [5.74, 6) is 0.992. The first-order valence-electron chi connectivity index (χ1n) is 9.16. The van der Waals surface area contributed by atoms with E-state index in [2.05, 4.69) is 96.2 Å². The molecule has 0 aromatic heterocycles. The van der Waals surface area contributed by atoms with Crippen LogP contribution in [0.25, 0.3) is 0 Å². The Bertz CT molecular complexity index is 705. The number of ether oxygens (including phenoxy) is 1. The number of aryl methyl sites for hydroxylation is 1. The molecule has 0 heterocycles. The maximum Gasteiger partial charge on any atom is 0.123 e. The smallest absolute Gasteiger partial charge is 0.123 e. The fraction of sp³-hybridized carbons (Fsp3) is 0.478. The maximum atomic E-state index is 6.12. The third-order valence-electron chi connectivity index (χ3n) is 4.36. The Hall–Kier alpha value is -1.96. The van der Waals surface area contributed by atoms with E-state index < -0.39 is 0 Å². The lowest BCUT2D eigenvalue weighted by Gasteiger charge is -2.27. The van der Waals surface area contributed by atoms with Crippen molar-refractivity contribution in [3.63, 3.8) is 0 Å². The summed E-state index contributed by atoms with van der Waals surface area (Å²) in [5, 5.41) is 3.42. The number of rotatable bonds is 5. The zero-order valence-electron chi connectivity index (χ0n) is 16.9. The lowest BCUT2D eigenvalue weighted by atomic mass is 9.80. The summed E-state index contributed by atoms with van der Waals surface area (Å²) in [4.78, 5) is 0. The topological polar surface area (TPSA) is 21.3 Å². The number of hydrogen-bond donors (Lipinski definition) is 1. The highest BCUT2D eigenvalue weighted by Crippen LogP contribution is 2.35. The van der Waals surface area contributed by atoms with E-state index in [4.69, 9.17) is 4.74 Å². The van der Waals surface area contributed by atoms with Gasteiger partial charge in [0.2, 0.25) is 0 Å². The van der Waals surface area contributed by atoms with Gasteiger partial charge in [-0.3, -0.25) is 0 Å². The van der Waals surface area contributed by atoms with Crippen LogP contribution in [0, 0.1) is 6.92 Å². The van der Waals surface area contributed by atoms with Gasteiger partial charge >= 0.3 is 0 Å². The van der Waals surface area contributed by atoms with Crippen LogP contribution in [0.15, 0.2) is 42.5 Å². The standard InChI is InChI=1S/C23H33NO/c1-17-9-8-10-19(15-17)24-13-14-25-21-12-11-18(22(2,3)4)16-20(21)23(5,6)7/h8-12,15-16,24H,13-14H2,1-7H3. The molecule has 2 aromatic carbocycles. The molecule has 136 valence electrons. The number of anilines is 1. The highest BCUT2D eigenvalue weighted by molar-refractivity contribution is 5.46. The minimum atomic E-state index is 0.0561. The lowest BCUT2D eigenvalue weighted by molar-refractivity contribution is 0.322. The molecule has 0 unspecified atom stereocenters. The van der Waals surface area contributed by atoms with Gasteiger partial charge in [-0.25, -0.2) is 0 Å². The zero-order valence-corrected chi connectivity index (χ0v) is 16.9. The number of benzene rings is 2. The van der Waals surface area contributed by atoms with E-state index in [0.29, 0.717) is 6.61 Å². The van der Waals surface area contributed by atoms with Gasteiger partial charge in [0.25, 0.3) is 0 Å². The molecular weight excluding hydrogens is 306 g/mol. The molecular formula is C23H33NO. The van der Waals surface area contributed by atoms with Crippen LogP contribution in [-0.4, -0.2) is 13.2 Å². The van der Waals surface area contributed by atoms with E-state index in [1.54, 1.807) is 0 Å². The third kappa shape index (κ3) is 5.52. The number of nitrogens with one attached hydrogen (secondary N) is 1. The van der Waals surface area contributed by atoms with Gasteiger partial charge in [0.15, 0.2) is 0 Å². The van der Waals surface area contributed by atoms with Crippen molar-refractivity contribution in [1.29, 1.82) is 0 Å². The second-order valence-corrected chi connectivity index (χ2v) is 8.86. The predicted octanol–water partition coefficient (Wildman–Crippen LogP) is 6.08. The van der Waals surface area contributed by atoms with E-state index in [1.165, 1.54) is 16.7 Å². The molecule has 2 heteroatoms. The van der Waals surface area contributed by atoms with E-state index in [1.807, 2.05) is 0 Å². The average molecular weight is 340 g/mol. The highest BCUT2D eigenvalue weighted by Gasteiger charge is 2.22. The minimum Gasteiger partial charge on any atom is -0.491 e. The minimum absolute atomic E-state index is 0.0561. The molecule has 0 saturated carbocycles. The first-order chi connectivity index (χ1) is 11.6. The molecule has 0 atom stereocenters. The van der Waals surface area contributed by atoms with Crippen molar-refractivity contribution in [2.24, 2.45) is 0 Å². The van der Waals surface area contributed by atoms with Gasteiger partial charge in [-0.05, 0) is 52.6 Å². The lowest BCUT2D eigenvalue weighted by Crippen LogP contribution is -2.19. The molecule has 0 radical (unpaired) electrons. The number of hydrogen-bond acceptors (Lipinski definition) is 2. The van der Waals surface area contributed by atoms with Crippen LogP contribution in [0.3, 0.4) is 0 Å². The Balaban J connectivity index is 2.06. The second kappa shape index (κ2) is 7.51. The molecule has 0 aliphatic rings. The van der Waals surface area contributed by atoms with Crippen molar-refractivity contribution in [2.45, 2.75) is 59.3 Å². The van der Waals surface area contributed by atoms with Gasteiger partial charge in [-0.15, -0.1) is 0 Å². The highest BCUT2D eigenvalue weighted by atomic mass is 16.5. The summed E-state index contributed by atoms with van der Waals surface area (Å²) in [6.45, 7) is 17.0. The molecule has 0 aliphatic carbocycles. The van der Waals surface area contributed by atoms with E-state index in [9.17, 15) is 0 Å².